The fraction of sp³-hybridized carbons (Fsp3) is 0.444. The van der Waals surface area contributed by atoms with E-state index in [1.807, 2.05) is 11.8 Å². The zero-order valence-electron chi connectivity index (χ0n) is 14.9. The van der Waals surface area contributed by atoms with Gasteiger partial charge in [0.15, 0.2) is 5.75 Å². The van der Waals surface area contributed by atoms with E-state index < -0.39 is 17.4 Å². The summed E-state index contributed by atoms with van der Waals surface area (Å²) in [7, 11) is 0. The summed E-state index contributed by atoms with van der Waals surface area (Å²) in [6.07, 6.45) is 0.505. The first-order valence-corrected chi connectivity index (χ1v) is 8.72. The van der Waals surface area contributed by atoms with Gasteiger partial charge < -0.3 is 24.3 Å². The second-order valence-electron chi connectivity index (χ2n) is 5.95. The number of fused-ring (bicyclic) bond motifs is 1. The van der Waals surface area contributed by atoms with Crippen LogP contribution in [0.4, 0.5) is 14.9 Å². The average molecular weight is 363 g/mol. The summed E-state index contributed by atoms with van der Waals surface area (Å²) in [4.78, 5) is 26.1. The van der Waals surface area contributed by atoms with Crippen molar-refractivity contribution >= 4 is 22.7 Å². The van der Waals surface area contributed by atoms with Crippen LogP contribution in [0.25, 0.3) is 10.9 Å². The van der Waals surface area contributed by atoms with Crippen molar-refractivity contribution in [2.45, 2.75) is 20.4 Å². The van der Waals surface area contributed by atoms with E-state index in [4.69, 9.17) is 9.47 Å². The van der Waals surface area contributed by atoms with Gasteiger partial charge in [-0.2, -0.15) is 0 Å². The first-order chi connectivity index (χ1) is 12.5. The molecule has 0 saturated carbocycles. The highest BCUT2D eigenvalue weighted by Crippen LogP contribution is 2.26. The van der Waals surface area contributed by atoms with Crippen molar-refractivity contribution in [1.82, 2.24) is 9.88 Å². The van der Waals surface area contributed by atoms with Crippen molar-refractivity contribution in [3.63, 3.8) is 0 Å². The van der Waals surface area contributed by atoms with Gasteiger partial charge >= 0.3 is 6.16 Å². The number of anilines is 1. The lowest BCUT2D eigenvalue weighted by molar-refractivity contribution is 0.104. The molecule has 0 radical (unpaired) electrons. The summed E-state index contributed by atoms with van der Waals surface area (Å²) in [6, 6.07) is 2.91. The molecule has 140 valence electrons. The van der Waals surface area contributed by atoms with Gasteiger partial charge in [-0.25, -0.2) is 9.18 Å². The lowest BCUT2D eigenvalue weighted by Crippen LogP contribution is -2.43. The largest absolute Gasteiger partial charge is 0.514 e. The Kier molecular flexibility index (Phi) is 5.41. The number of ether oxygens (including phenoxy) is 2. The lowest BCUT2D eigenvalue weighted by Gasteiger charge is -2.30. The normalized spacial score (nSPS) is 14.5. The maximum absolute atomic E-state index is 14.7. The van der Waals surface area contributed by atoms with Crippen molar-refractivity contribution in [1.29, 1.82) is 0 Å². The Morgan fingerprint density at radius 2 is 2.00 bits per heavy atom. The van der Waals surface area contributed by atoms with Crippen LogP contribution in [0.1, 0.15) is 13.8 Å². The second kappa shape index (κ2) is 7.74. The molecular weight excluding hydrogens is 341 g/mol. The van der Waals surface area contributed by atoms with Crippen LogP contribution in [0.2, 0.25) is 0 Å². The van der Waals surface area contributed by atoms with Crippen LogP contribution in [-0.4, -0.2) is 43.5 Å². The van der Waals surface area contributed by atoms with Gasteiger partial charge in [-0.1, -0.05) is 0 Å². The number of piperazine rings is 1. The molecule has 8 heteroatoms. The minimum atomic E-state index is -0.954. The third kappa shape index (κ3) is 3.50. The number of nitrogens with zero attached hydrogens (tertiary/aromatic N) is 2. The van der Waals surface area contributed by atoms with Crippen molar-refractivity contribution in [2.75, 3.05) is 37.7 Å². The van der Waals surface area contributed by atoms with E-state index in [9.17, 15) is 14.0 Å². The number of nitrogens with one attached hydrogen (secondary N) is 1. The van der Waals surface area contributed by atoms with E-state index in [0.717, 1.165) is 13.1 Å². The van der Waals surface area contributed by atoms with Crippen LogP contribution in [-0.2, 0) is 11.3 Å². The zero-order chi connectivity index (χ0) is 18.7. The van der Waals surface area contributed by atoms with Gasteiger partial charge in [-0.15, -0.1) is 0 Å². The molecule has 0 unspecified atom stereocenters. The number of aromatic nitrogens is 1. The molecule has 7 nitrogen and oxygen atoms in total. The highest BCUT2D eigenvalue weighted by molar-refractivity contribution is 5.85. The molecule has 1 fully saturated rings. The van der Waals surface area contributed by atoms with Gasteiger partial charge in [-0.05, 0) is 26.0 Å². The fourth-order valence-corrected chi connectivity index (χ4v) is 3.09. The highest BCUT2D eigenvalue weighted by atomic mass is 19.1. The summed E-state index contributed by atoms with van der Waals surface area (Å²) < 4.78 is 26.2. The van der Waals surface area contributed by atoms with Crippen molar-refractivity contribution < 1.29 is 18.7 Å². The first kappa shape index (κ1) is 18.2. The third-order valence-electron chi connectivity index (χ3n) is 4.37. The Balaban J connectivity index is 2.09. The number of carbonyl (C=O) groups is 1. The van der Waals surface area contributed by atoms with Gasteiger partial charge in [0.25, 0.3) is 0 Å². The summed E-state index contributed by atoms with van der Waals surface area (Å²) in [5, 5.41) is 3.40. The van der Waals surface area contributed by atoms with E-state index in [2.05, 4.69) is 5.32 Å². The number of benzene rings is 1. The molecule has 1 aliphatic heterocycles. The van der Waals surface area contributed by atoms with E-state index in [1.54, 1.807) is 17.6 Å². The molecule has 1 aromatic carbocycles. The molecule has 1 N–H and O–H groups in total. The number of hydrogen-bond acceptors (Lipinski definition) is 6. The van der Waals surface area contributed by atoms with Crippen LogP contribution in [0.15, 0.2) is 23.1 Å². The molecule has 2 heterocycles. The molecular formula is C18H22FN3O4. The Labute approximate surface area is 150 Å². The van der Waals surface area contributed by atoms with E-state index in [-0.39, 0.29) is 17.7 Å². The van der Waals surface area contributed by atoms with Gasteiger partial charge in [0, 0.05) is 32.7 Å². The first-order valence-electron chi connectivity index (χ1n) is 8.72. The average Bonchev–Trinajstić information content (AvgIpc) is 2.65. The molecule has 0 atom stereocenters. The van der Waals surface area contributed by atoms with Crippen molar-refractivity contribution in [3.05, 3.63) is 34.4 Å². The van der Waals surface area contributed by atoms with Gasteiger partial charge in [0.1, 0.15) is 5.82 Å². The van der Waals surface area contributed by atoms with Crippen LogP contribution in [0, 0.1) is 5.82 Å². The molecule has 3 rings (SSSR count). The molecule has 1 aliphatic rings. The standard InChI is InChI=1S/C18H22FN3O4/c1-3-21-11-16(26-18(24)25-4-2)17(23)12-9-13(19)15(10-14(12)21)22-7-5-20-6-8-22/h9-11,20H,3-8H2,1-2H3. The Morgan fingerprint density at radius 1 is 1.27 bits per heavy atom. The van der Waals surface area contributed by atoms with Crippen LogP contribution in [0.3, 0.4) is 0 Å². The summed E-state index contributed by atoms with van der Waals surface area (Å²) in [5.74, 6) is -0.639. The minimum absolute atomic E-state index is 0.136. The molecule has 0 amide bonds. The highest BCUT2D eigenvalue weighted by Gasteiger charge is 2.19. The predicted molar refractivity (Wildman–Crippen MR) is 96.6 cm³/mol. The van der Waals surface area contributed by atoms with E-state index >= 15 is 0 Å². The van der Waals surface area contributed by atoms with Crippen molar-refractivity contribution in [2.24, 2.45) is 0 Å². The van der Waals surface area contributed by atoms with Gasteiger partial charge in [0.2, 0.25) is 5.43 Å². The number of carbonyl (C=O) groups excluding carboxylic acids is 1. The monoisotopic (exact) mass is 363 g/mol. The Hall–Kier alpha value is -2.61. The molecule has 26 heavy (non-hydrogen) atoms. The quantitative estimate of drug-likeness (QED) is 0.839. The smallest absolute Gasteiger partial charge is 0.434 e. The third-order valence-corrected chi connectivity index (χ3v) is 4.37. The lowest BCUT2D eigenvalue weighted by atomic mass is 10.1. The predicted octanol–water partition coefficient (Wildman–Crippen LogP) is 2.11. The molecule has 1 saturated heterocycles. The van der Waals surface area contributed by atoms with Crippen LogP contribution < -0.4 is 20.4 Å². The number of aryl methyl sites for hydroxylation is 1. The number of rotatable bonds is 4. The molecule has 0 bridgehead atoms. The second-order valence-corrected chi connectivity index (χ2v) is 5.95. The van der Waals surface area contributed by atoms with E-state index in [1.165, 1.54) is 12.3 Å². The fourth-order valence-electron chi connectivity index (χ4n) is 3.09. The number of halogens is 1. The van der Waals surface area contributed by atoms with Gasteiger partial charge in [0.05, 0.1) is 29.4 Å². The molecule has 0 spiro atoms. The maximum atomic E-state index is 14.7. The van der Waals surface area contributed by atoms with Gasteiger partial charge in [-0.3, -0.25) is 4.79 Å². The topological polar surface area (TPSA) is 72.8 Å². The maximum Gasteiger partial charge on any atom is 0.514 e. The minimum Gasteiger partial charge on any atom is -0.434 e. The van der Waals surface area contributed by atoms with E-state index in [0.29, 0.717) is 30.8 Å². The molecule has 0 aliphatic carbocycles. The summed E-state index contributed by atoms with van der Waals surface area (Å²) in [6.45, 7) is 7.16. The zero-order valence-corrected chi connectivity index (χ0v) is 14.9. The molecule has 2 aromatic rings. The Morgan fingerprint density at radius 3 is 2.65 bits per heavy atom. The number of hydrogen-bond donors (Lipinski definition) is 1. The summed E-state index contributed by atoms with van der Waals surface area (Å²) in [5.41, 5.74) is 0.534. The number of pyridine rings is 1. The Bertz CT molecular complexity index is 875. The molecule has 1 aromatic heterocycles. The SMILES string of the molecule is CCOC(=O)Oc1cn(CC)c2cc(N3CCNCC3)c(F)cc2c1=O. The summed E-state index contributed by atoms with van der Waals surface area (Å²) >= 11 is 0. The van der Waals surface area contributed by atoms with Crippen molar-refractivity contribution in [3.8, 4) is 5.75 Å². The van der Waals surface area contributed by atoms with Crippen LogP contribution >= 0.6 is 0 Å². The van der Waals surface area contributed by atoms with Crippen LogP contribution in [0.5, 0.6) is 5.75 Å².